The summed E-state index contributed by atoms with van der Waals surface area (Å²) in [6.45, 7) is 8.24. The van der Waals surface area contributed by atoms with Gasteiger partial charge >= 0.3 is 5.97 Å². The van der Waals surface area contributed by atoms with Crippen LogP contribution in [0, 0.1) is 5.92 Å². The summed E-state index contributed by atoms with van der Waals surface area (Å²) < 4.78 is 5.07. The summed E-state index contributed by atoms with van der Waals surface area (Å²) in [4.78, 5) is 26.0. The van der Waals surface area contributed by atoms with E-state index in [-0.39, 0.29) is 23.8 Å². The van der Waals surface area contributed by atoms with Gasteiger partial charge in [0.05, 0.1) is 6.61 Å². The van der Waals surface area contributed by atoms with Crippen molar-refractivity contribution >= 4 is 11.9 Å². The smallest absolute Gasteiger partial charge is 0.328 e. The van der Waals surface area contributed by atoms with Gasteiger partial charge in [0.2, 0.25) is 5.91 Å². The molecule has 0 radical (unpaired) electrons. The van der Waals surface area contributed by atoms with Gasteiger partial charge < -0.3 is 15.0 Å². The molecule has 1 amide bonds. The topological polar surface area (TPSA) is 58.6 Å². The lowest BCUT2D eigenvalue weighted by molar-refractivity contribution is -0.157. The van der Waals surface area contributed by atoms with Gasteiger partial charge in [-0.3, -0.25) is 4.79 Å². The molecule has 1 heterocycles. The Kier molecular flexibility index (Phi) is 6.84. The van der Waals surface area contributed by atoms with Crippen LogP contribution in [0.15, 0.2) is 0 Å². The van der Waals surface area contributed by atoms with E-state index >= 15 is 0 Å². The molecule has 2 unspecified atom stereocenters. The third-order valence-electron chi connectivity index (χ3n) is 3.47. The van der Waals surface area contributed by atoms with Gasteiger partial charge in [0.25, 0.3) is 0 Å². The highest BCUT2D eigenvalue weighted by Gasteiger charge is 2.34. The van der Waals surface area contributed by atoms with Gasteiger partial charge in [0.15, 0.2) is 0 Å². The lowest BCUT2D eigenvalue weighted by Crippen LogP contribution is -2.51. The van der Waals surface area contributed by atoms with Crippen molar-refractivity contribution in [2.75, 3.05) is 26.2 Å². The number of rotatable bonds is 6. The van der Waals surface area contributed by atoms with Crippen LogP contribution in [0.5, 0.6) is 0 Å². The maximum Gasteiger partial charge on any atom is 0.328 e. The van der Waals surface area contributed by atoms with E-state index in [1.165, 1.54) is 0 Å². The average molecular weight is 270 g/mol. The van der Waals surface area contributed by atoms with E-state index in [9.17, 15) is 9.59 Å². The van der Waals surface area contributed by atoms with E-state index in [1.54, 1.807) is 11.8 Å². The minimum Gasteiger partial charge on any atom is -0.464 e. The van der Waals surface area contributed by atoms with Crippen molar-refractivity contribution in [1.82, 2.24) is 10.2 Å². The summed E-state index contributed by atoms with van der Waals surface area (Å²) in [5, 5.41) is 3.17. The summed E-state index contributed by atoms with van der Waals surface area (Å²) in [5.41, 5.74) is 0. The molecule has 0 bridgehead atoms. The molecule has 1 rings (SSSR count). The predicted molar refractivity (Wildman–Crippen MR) is 73.7 cm³/mol. The Hall–Kier alpha value is -1.10. The summed E-state index contributed by atoms with van der Waals surface area (Å²) in [6, 6.07) is -0.384. The number of hydrogen-bond acceptors (Lipinski definition) is 4. The second-order valence-corrected chi connectivity index (χ2v) is 5.00. The van der Waals surface area contributed by atoms with Crippen molar-refractivity contribution in [3.8, 4) is 0 Å². The van der Waals surface area contributed by atoms with Crippen molar-refractivity contribution in [1.29, 1.82) is 0 Å². The Bertz CT molecular complexity index is 307. The number of esters is 1. The number of piperidine rings is 1. The van der Waals surface area contributed by atoms with Crippen molar-refractivity contribution < 1.29 is 14.3 Å². The SMILES string of the molecule is CCNCC(C)C(=O)N1CCCCC1C(=O)OCC. The zero-order valence-electron chi connectivity index (χ0n) is 12.3. The van der Waals surface area contributed by atoms with E-state index in [0.29, 0.717) is 19.7 Å². The fourth-order valence-corrected chi connectivity index (χ4v) is 2.41. The standard InChI is InChI=1S/C14H26N2O3/c1-4-15-10-11(3)13(17)16-9-7-6-8-12(16)14(18)19-5-2/h11-12,15H,4-10H2,1-3H3. The van der Waals surface area contributed by atoms with Gasteiger partial charge in [-0.05, 0) is 32.7 Å². The monoisotopic (exact) mass is 270 g/mol. The van der Waals surface area contributed by atoms with Gasteiger partial charge in [-0.25, -0.2) is 4.79 Å². The van der Waals surface area contributed by atoms with Crippen LogP contribution in [0.25, 0.3) is 0 Å². The molecule has 0 saturated carbocycles. The summed E-state index contributed by atoms with van der Waals surface area (Å²) in [7, 11) is 0. The maximum atomic E-state index is 12.4. The lowest BCUT2D eigenvalue weighted by Gasteiger charge is -2.35. The van der Waals surface area contributed by atoms with Gasteiger partial charge in [-0.15, -0.1) is 0 Å². The van der Waals surface area contributed by atoms with Crippen molar-refractivity contribution in [2.45, 2.75) is 46.1 Å². The molecule has 0 aromatic rings. The quantitative estimate of drug-likeness (QED) is 0.736. The second kappa shape index (κ2) is 8.15. The van der Waals surface area contributed by atoms with Crippen LogP contribution in [-0.4, -0.2) is 49.1 Å². The normalized spacial score (nSPS) is 21.0. The number of likely N-dealkylation sites (tertiary alicyclic amines) is 1. The molecule has 19 heavy (non-hydrogen) atoms. The summed E-state index contributed by atoms with van der Waals surface area (Å²) >= 11 is 0. The molecule has 1 N–H and O–H groups in total. The maximum absolute atomic E-state index is 12.4. The summed E-state index contributed by atoms with van der Waals surface area (Å²) in [6.07, 6.45) is 2.67. The number of carbonyl (C=O) groups excluding carboxylic acids is 2. The van der Waals surface area contributed by atoms with Gasteiger partial charge in [-0.2, -0.15) is 0 Å². The van der Waals surface area contributed by atoms with Crippen LogP contribution >= 0.6 is 0 Å². The molecule has 5 nitrogen and oxygen atoms in total. The lowest BCUT2D eigenvalue weighted by atomic mass is 9.99. The van der Waals surface area contributed by atoms with Crippen LogP contribution in [0.2, 0.25) is 0 Å². The Labute approximate surface area is 115 Å². The van der Waals surface area contributed by atoms with Crippen LogP contribution in [0.1, 0.15) is 40.0 Å². The fraction of sp³-hybridized carbons (Fsp3) is 0.857. The fourth-order valence-electron chi connectivity index (χ4n) is 2.41. The molecule has 110 valence electrons. The highest BCUT2D eigenvalue weighted by Crippen LogP contribution is 2.20. The van der Waals surface area contributed by atoms with E-state index in [0.717, 1.165) is 25.8 Å². The van der Waals surface area contributed by atoms with Crippen molar-refractivity contribution in [2.24, 2.45) is 5.92 Å². The molecule has 0 aromatic carbocycles. The minimum atomic E-state index is -0.384. The molecule has 0 spiro atoms. The number of nitrogens with zero attached hydrogens (tertiary/aromatic N) is 1. The molecular weight excluding hydrogens is 244 g/mol. The molecule has 1 saturated heterocycles. The largest absolute Gasteiger partial charge is 0.464 e. The molecule has 0 aromatic heterocycles. The second-order valence-electron chi connectivity index (χ2n) is 5.00. The first-order chi connectivity index (χ1) is 9.11. The van der Waals surface area contributed by atoms with Crippen molar-refractivity contribution in [3.63, 3.8) is 0 Å². The highest BCUT2D eigenvalue weighted by atomic mass is 16.5. The minimum absolute atomic E-state index is 0.0544. The van der Waals surface area contributed by atoms with Gasteiger partial charge in [0, 0.05) is 19.0 Å². The zero-order chi connectivity index (χ0) is 14.3. The number of hydrogen-bond donors (Lipinski definition) is 1. The Morgan fingerprint density at radius 2 is 2.11 bits per heavy atom. The van der Waals surface area contributed by atoms with Gasteiger partial charge in [0.1, 0.15) is 6.04 Å². The third-order valence-corrected chi connectivity index (χ3v) is 3.47. The molecular formula is C14H26N2O3. The molecule has 1 aliphatic rings. The number of amides is 1. The first-order valence-electron chi connectivity index (χ1n) is 7.29. The number of nitrogens with one attached hydrogen (secondary N) is 1. The molecule has 0 aliphatic carbocycles. The van der Waals surface area contributed by atoms with Crippen LogP contribution in [-0.2, 0) is 14.3 Å². The predicted octanol–water partition coefficient (Wildman–Crippen LogP) is 1.18. The third kappa shape index (κ3) is 4.49. The number of ether oxygens (including phenoxy) is 1. The zero-order valence-corrected chi connectivity index (χ0v) is 12.3. The van der Waals surface area contributed by atoms with E-state index < -0.39 is 0 Å². The average Bonchev–Trinajstić information content (AvgIpc) is 2.44. The first kappa shape index (κ1) is 16.0. The molecule has 2 atom stereocenters. The van der Waals surface area contributed by atoms with Crippen LogP contribution < -0.4 is 5.32 Å². The Morgan fingerprint density at radius 3 is 2.74 bits per heavy atom. The van der Waals surface area contributed by atoms with E-state index in [2.05, 4.69) is 5.32 Å². The molecule has 1 fully saturated rings. The van der Waals surface area contributed by atoms with Crippen molar-refractivity contribution in [3.05, 3.63) is 0 Å². The highest BCUT2D eigenvalue weighted by molar-refractivity contribution is 5.86. The van der Waals surface area contributed by atoms with Gasteiger partial charge in [-0.1, -0.05) is 13.8 Å². The molecule has 5 heteroatoms. The van der Waals surface area contributed by atoms with Crippen LogP contribution in [0.4, 0.5) is 0 Å². The van der Waals surface area contributed by atoms with E-state index in [1.807, 2.05) is 13.8 Å². The number of carbonyl (C=O) groups is 2. The first-order valence-corrected chi connectivity index (χ1v) is 7.29. The van der Waals surface area contributed by atoms with Crippen LogP contribution in [0.3, 0.4) is 0 Å². The summed E-state index contributed by atoms with van der Waals surface area (Å²) in [5.74, 6) is -0.306. The van der Waals surface area contributed by atoms with E-state index in [4.69, 9.17) is 4.74 Å². The molecule has 1 aliphatic heterocycles. The Morgan fingerprint density at radius 1 is 1.37 bits per heavy atom. The Balaban J connectivity index is 2.65.